The van der Waals surface area contributed by atoms with E-state index in [2.05, 4.69) is 31.0 Å². The Kier molecular flexibility index (Phi) is 4.98. The zero-order valence-electron chi connectivity index (χ0n) is 10.7. The first-order valence-electron chi connectivity index (χ1n) is 5.84. The highest BCUT2D eigenvalue weighted by Gasteiger charge is 2.17. The smallest absolute Gasteiger partial charge is 0.357 e. The SMILES string of the molecule is COC(=O)c1nc(Cl)cc(NCc2ccccc2)c1Br. The molecule has 6 heteroatoms. The van der Waals surface area contributed by atoms with Crippen LogP contribution in [0.25, 0.3) is 0 Å². The molecule has 1 aromatic carbocycles. The van der Waals surface area contributed by atoms with Crippen LogP contribution in [0, 0.1) is 0 Å². The molecule has 0 unspecified atom stereocenters. The van der Waals surface area contributed by atoms with Crippen molar-refractivity contribution in [2.24, 2.45) is 0 Å². The monoisotopic (exact) mass is 354 g/mol. The molecule has 0 radical (unpaired) electrons. The van der Waals surface area contributed by atoms with Gasteiger partial charge in [-0.15, -0.1) is 0 Å². The van der Waals surface area contributed by atoms with Crippen LogP contribution in [-0.4, -0.2) is 18.1 Å². The van der Waals surface area contributed by atoms with Gasteiger partial charge < -0.3 is 10.1 Å². The summed E-state index contributed by atoms with van der Waals surface area (Å²) in [5.74, 6) is -0.540. The van der Waals surface area contributed by atoms with E-state index in [1.807, 2.05) is 30.3 Å². The molecule has 4 nitrogen and oxygen atoms in total. The number of hydrogen-bond acceptors (Lipinski definition) is 4. The minimum Gasteiger partial charge on any atom is -0.464 e. The van der Waals surface area contributed by atoms with Crippen molar-refractivity contribution in [2.45, 2.75) is 6.54 Å². The zero-order valence-corrected chi connectivity index (χ0v) is 13.0. The molecule has 20 heavy (non-hydrogen) atoms. The molecule has 0 saturated heterocycles. The Morgan fingerprint density at radius 1 is 1.40 bits per heavy atom. The Hall–Kier alpha value is -1.59. The van der Waals surface area contributed by atoms with E-state index in [0.29, 0.717) is 16.7 Å². The fourth-order valence-electron chi connectivity index (χ4n) is 1.65. The highest BCUT2D eigenvalue weighted by Crippen LogP contribution is 2.29. The van der Waals surface area contributed by atoms with E-state index in [4.69, 9.17) is 11.6 Å². The summed E-state index contributed by atoms with van der Waals surface area (Å²) in [4.78, 5) is 15.6. The molecule has 0 aliphatic carbocycles. The highest BCUT2D eigenvalue weighted by atomic mass is 79.9. The summed E-state index contributed by atoms with van der Waals surface area (Å²) < 4.78 is 5.20. The van der Waals surface area contributed by atoms with Crippen LogP contribution in [0.4, 0.5) is 5.69 Å². The molecule has 1 heterocycles. The van der Waals surface area contributed by atoms with E-state index in [0.717, 1.165) is 5.56 Å². The molecular weight excluding hydrogens is 344 g/mol. The third kappa shape index (κ3) is 3.49. The number of esters is 1. The zero-order chi connectivity index (χ0) is 14.5. The fraction of sp³-hybridized carbons (Fsp3) is 0.143. The quantitative estimate of drug-likeness (QED) is 0.667. The Bertz CT molecular complexity index is 620. The summed E-state index contributed by atoms with van der Waals surface area (Å²) in [5, 5.41) is 3.44. The number of pyridine rings is 1. The third-order valence-electron chi connectivity index (χ3n) is 2.63. The number of halogens is 2. The van der Waals surface area contributed by atoms with Crippen molar-refractivity contribution in [3.05, 3.63) is 57.3 Å². The number of benzene rings is 1. The fourth-order valence-corrected chi connectivity index (χ4v) is 2.35. The van der Waals surface area contributed by atoms with Crippen molar-refractivity contribution in [1.29, 1.82) is 0 Å². The van der Waals surface area contributed by atoms with Gasteiger partial charge in [0.2, 0.25) is 0 Å². The molecule has 0 bridgehead atoms. The number of ether oxygens (including phenoxy) is 1. The van der Waals surface area contributed by atoms with Crippen molar-refractivity contribution in [1.82, 2.24) is 4.98 Å². The van der Waals surface area contributed by atoms with Gasteiger partial charge >= 0.3 is 5.97 Å². The average Bonchev–Trinajstić information content (AvgIpc) is 2.48. The van der Waals surface area contributed by atoms with E-state index in [-0.39, 0.29) is 10.8 Å². The average molecular weight is 356 g/mol. The molecule has 0 aliphatic heterocycles. The van der Waals surface area contributed by atoms with Gasteiger partial charge in [0.25, 0.3) is 0 Å². The molecule has 2 aromatic rings. The highest BCUT2D eigenvalue weighted by molar-refractivity contribution is 9.10. The van der Waals surface area contributed by atoms with Crippen molar-refractivity contribution in [3.8, 4) is 0 Å². The van der Waals surface area contributed by atoms with Crippen LogP contribution in [0.15, 0.2) is 40.9 Å². The molecular formula is C14H12BrClN2O2. The Morgan fingerprint density at radius 3 is 2.75 bits per heavy atom. The number of nitrogens with one attached hydrogen (secondary N) is 1. The van der Waals surface area contributed by atoms with Crippen LogP contribution in [0.5, 0.6) is 0 Å². The van der Waals surface area contributed by atoms with Crippen LogP contribution < -0.4 is 5.32 Å². The Labute approximate surface area is 130 Å². The molecule has 1 aromatic heterocycles. The van der Waals surface area contributed by atoms with Gasteiger partial charge in [-0.25, -0.2) is 9.78 Å². The first-order chi connectivity index (χ1) is 9.61. The first-order valence-corrected chi connectivity index (χ1v) is 7.01. The van der Waals surface area contributed by atoms with Crippen LogP contribution >= 0.6 is 27.5 Å². The van der Waals surface area contributed by atoms with Gasteiger partial charge in [0.05, 0.1) is 17.3 Å². The molecule has 2 rings (SSSR count). The lowest BCUT2D eigenvalue weighted by Crippen LogP contribution is -2.08. The van der Waals surface area contributed by atoms with Gasteiger partial charge in [-0.05, 0) is 27.6 Å². The van der Waals surface area contributed by atoms with Gasteiger partial charge in [-0.1, -0.05) is 41.9 Å². The third-order valence-corrected chi connectivity index (χ3v) is 3.63. The standard InChI is InChI=1S/C14H12BrClN2O2/c1-20-14(19)13-12(15)10(7-11(16)18-13)17-8-9-5-3-2-4-6-9/h2-7H,8H2,1H3,(H,17,18). The summed E-state index contributed by atoms with van der Waals surface area (Å²) in [6.07, 6.45) is 0. The predicted octanol–water partition coefficient (Wildman–Crippen LogP) is 3.90. The number of hydrogen-bond donors (Lipinski definition) is 1. The maximum atomic E-state index is 11.6. The predicted molar refractivity (Wildman–Crippen MR) is 82.1 cm³/mol. The van der Waals surface area contributed by atoms with E-state index >= 15 is 0 Å². The molecule has 0 amide bonds. The summed E-state index contributed by atoms with van der Waals surface area (Å²) >= 11 is 9.27. The van der Waals surface area contributed by atoms with Gasteiger partial charge in [-0.3, -0.25) is 0 Å². The minimum atomic E-state index is -0.540. The van der Waals surface area contributed by atoms with Crippen LogP contribution in [0.2, 0.25) is 5.15 Å². The van der Waals surface area contributed by atoms with E-state index < -0.39 is 5.97 Å². The summed E-state index contributed by atoms with van der Waals surface area (Å²) in [5.41, 5.74) is 1.96. The molecule has 0 fully saturated rings. The number of anilines is 1. The van der Waals surface area contributed by atoms with Crippen LogP contribution in [0.1, 0.15) is 16.1 Å². The second kappa shape index (κ2) is 6.72. The first kappa shape index (κ1) is 14.8. The van der Waals surface area contributed by atoms with Gasteiger partial charge in [0.15, 0.2) is 5.69 Å². The maximum Gasteiger partial charge on any atom is 0.357 e. The number of rotatable bonds is 4. The number of methoxy groups -OCH3 is 1. The van der Waals surface area contributed by atoms with Gasteiger partial charge in [0.1, 0.15) is 5.15 Å². The lowest BCUT2D eigenvalue weighted by Gasteiger charge is -2.11. The lowest BCUT2D eigenvalue weighted by molar-refractivity contribution is 0.0593. The van der Waals surface area contributed by atoms with Crippen LogP contribution in [-0.2, 0) is 11.3 Å². The summed E-state index contributed by atoms with van der Waals surface area (Å²) in [7, 11) is 1.30. The summed E-state index contributed by atoms with van der Waals surface area (Å²) in [6.45, 7) is 0.612. The largest absolute Gasteiger partial charge is 0.464 e. The molecule has 104 valence electrons. The van der Waals surface area contributed by atoms with Crippen molar-refractivity contribution in [3.63, 3.8) is 0 Å². The Morgan fingerprint density at radius 2 is 2.10 bits per heavy atom. The van der Waals surface area contributed by atoms with Crippen LogP contribution in [0.3, 0.4) is 0 Å². The number of carbonyl (C=O) groups excluding carboxylic acids is 1. The molecule has 0 atom stereocenters. The number of carbonyl (C=O) groups is 1. The van der Waals surface area contributed by atoms with Crippen molar-refractivity contribution >= 4 is 39.2 Å². The molecule has 1 N–H and O–H groups in total. The minimum absolute atomic E-state index is 0.149. The summed E-state index contributed by atoms with van der Waals surface area (Å²) in [6, 6.07) is 11.5. The molecule has 0 spiro atoms. The second-order valence-electron chi connectivity index (χ2n) is 3.99. The van der Waals surface area contributed by atoms with E-state index in [1.165, 1.54) is 7.11 Å². The number of aromatic nitrogens is 1. The topological polar surface area (TPSA) is 51.2 Å². The number of nitrogens with zero attached hydrogens (tertiary/aromatic N) is 1. The van der Waals surface area contributed by atoms with E-state index in [1.54, 1.807) is 6.07 Å². The van der Waals surface area contributed by atoms with E-state index in [9.17, 15) is 4.79 Å². The van der Waals surface area contributed by atoms with Gasteiger partial charge in [-0.2, -0.15) is 0 Å². The van der Waals surface area contributed by atoms with Crippen molar-refractivity contribution in [2.75, 3.05) is 12.4 Å². The van der Waals surface area contributed by atoms with Gasteiger partial charge in [0, 0.05) is 6.54 Å². The molecule has 0 saturated carbocycles. The maximum absolute atomic E-state index is 11.6. The second-order valence-corrected chi connectivity index (χ2v) is 5.17. The van der Waals surface area contributed by atoms with Crippen molar-refractivity contribution < 1.29 is 9.53 Å². The molecule has 0 aliphatic rings. The normalized spacial score (nSPS) is 10.2. The Balaban J connectivity index is 2.23. The lowest BCUT2D eigenvalue weighted by atomic mass is 10.2.